The lowest BCUT2D eigenvalue weighted by atomic mass is 9.83. The molecule has 6 heteroatoms. The second kappa shape index (κ2) is 8.08. The average molecular weight is 378 g/mol. The first-order valence-electron chi connectivity index (χ1n) is 11.0. The summed E-state index contributed by atoms with van der Waals surface area (Å²) in [5, 5.41) is 3.15. The summed E-state index contributed by atoms with van der Waals surface area (Å²) in [6, 6.07) is 1.47. The fourth-order valence-electron chi connectivity index (χ4n) is 5.32. The molecule has 2 saturated carbocycles. The van der Waals surface area contributed by atoms with E-state index in [0.29, 0.717) is 42.8 Å². The Labute approximate surface area is 163 Å². The first kappa shape index (κ1) is 19.2. The van der Waals surface area contributed by atoms with Crippen LogP contribution in [0.1, 0.15) is 58.8 Å². The Hall–Kier alpha value is -1.14. The average Bonchev–Trinajstić information content (AvgIpc) is 3.20. The van der Waals surface area contributed by atoms with Crippen LogP contribution in [0.25, 0.3) is 0 Å². The summed E-state index contributed by atoms with van der Waals surface area (Å²) in [6.07, 6.45) is 7.12. The number of hydrogen-bond donors (Lipinski definition) is 1. The van der Waals surface area contributed by atoms with Crippen LogP contribution >= 0.6 is 0 Å². The van der Waals surface area contributed by atoms with Crippen LogP contribution in [0.2, 0.25) is 0 Å². The summed E-state index contributed by atoms with van der Waals surface area (Å²) >= 11 is 0. The van der Waals surface area contributed by atoms with Gasteiger partial charge in [-0.15, -0.1) is 0 Å². The van der Waals surface area contributed by atoms with Crippen LogP contribution in [0.3, 0.4) is 0 Å². The highest BCUT2D eigenvalue weighted by atomic mass is 16.5. The highest BCUT2D eigenvalue weighted by Gasteiger charge is 2.53. The minimum atomic E-state index is -0.0353. The zero-order chi connectivity index (χ0) is 19.0. The molecule has 2 aliphatic carbocycles. The number of carbonyl (C=O) groups is 2. The third-order valence-electron chi connectivity index (χ3n) is 7.20. The molecule has 2 saturated heterocycles. The van der Waals surface area contributed by atoms with E-state index in [0.717, 1.165) is 39.1 Å². The maximum atomic E-state index is 12.7. The normalized spacial score (nSPS) is 33.6. The lowest BCUT2D eigenvalue weighted by Gasteiger charge is -2.38. The van der Waals surface area contributed by atoms with Crippen molar-refractivity contribution in [1.29, 1.82) is 0 Å². The Kier molecular flexibility index (Phi) is 5.74. The van der Waals surface area contributed by atoms with Gasteiger partial charge in [-0.05, 0) is 45.4 Å². The van der Waals surface area contributed by atoms with Crippen molar-refractivity contribution in [2.24, 2.45) is 11.8 Å². The molecule has 4 rings (SSSR count). The van der Waals surface area contributed by atoms with E-state index < -0.39 is 0 Å². The number of likely N-dealkylation sites (tertiary alicyclic amines) is 1. The van der Waals surface area contributed by atoms with Crippen molar-refractivity contribution >= 4 is 11.8 Å². The molecule has 0 spiro atoms. The predicted octanol–water partition coefficient (Wildman–Crippen LogP) is 1.78. The molecule has 4 fully saturated rings. The van der Waals surface area contributed by atoms with Crippen LogP contribution in [0, 0.1) is 11.8 Å². The van der Waals surface area contributed by atoms with Gasteiger partial charge in [0.15, 0.2) is 0 Å². The van der Waals surface area contributed by atoms with Gasteiger partial charge in [0.05, 0.1) is 19.1 Å². The number of hydrogen-bond acceptors (Lipinski definition) is 4. The highest BCUT2D eigenvalue weighted by Crippen LogP contribution is 2.45. The van der Waals surface area contributed by atoms with E-state index in [2.05, 4.69) is 10.2 Å². The molecule has 0 aromatic carbocycles. The number of nitrogens with zero attached hydrogens (tertiary/aromatic N) is 2. The van der Waals surface area contributed by atoms with Crippen molar-refractivity contribution in [3.63, 3.8) is 0 Å². The van der Waals surface area contributed by atoms with Gasteiger partial charge < -0.3 is 15.0 Å². The van der Waals surface area contributed by atoms with E-state index in [-0.39, 0.29) is 17.9 Å². The van der Waals surface area contributed by atoms with E-state index in [1.54, 1.807) is 0 Å². The predicted molar refractivity (Wildman–Crippen MR) is 103 cm³/mol. The van der Waals surface area contributed by atoms with Gasteiger partial charge in [0, 0.05) is 50.1 Å². The van der Waals surface area contributed by atoms with E-state index >= 15 is 0 Å². The number of amides is 2. The molecule has 0 unspecified atom stereocenters. The summed E-state index contributed by atoms with van der Waals surface area (Å²) in [5.41, 5.74) is 0. The minimum absolute atomic E-state index is 0.0353. The van der Waals surface area contributed by atoms with Crippen molar-refractivity contribution in [1.82, 2.24) is 15.1 Å². The largest absolute Gasteiger partial charge is 0.376 e. The number of nitrogens with one attached hydrogen (secondary N) is 1. The molecule has 4 atom stereocenters. The number of ether oxygens (including phenoxy) is 1. The third-order valence-corrected chi connectivity index (χ3v) is 7.20. The second-order valence-corrected chi connectivity index (χ2v) is 8.87. The van der Waals surface area contributed by atoms with E-state index in [1.807, 2.05) is 18.7 Å². The van der Waals surface area contributed by atoms with Gasteiger partial charge in [-0.1, -0.05) is 6.42 Å². The van der Waals surface area contributed by atoms with Crippen molar-refractivity contribution in [3.8, 4) is 0 Å². The molecule has 0 aromatic rings. The van der Waals surface area contributed by atoms with Crippen LogP contribution in [0.15, 0.2) is 0 Å². The Bertz CT molecular complexity index is 557. The Balaban J connectivity index is 1.44. The van der Waals surface area contributed by atoms with E-state index in [4.69, 9.17) is 4.74 Å². The van der Waals surface area contributed by atoms with Crippen LogP contribution < -0.4 is 5.32 Å². The molecular formula is C21H35N3O3. The van der Waals surface area contributed by atoms with Crippen LogP contribution in [0.5, 0.6) is 0 Å². The van der Waals surface area contributed by atoms with Crippen molar-refractivity contribution in [2.75, 3.05) is 26.2 Å². The first-order valence-corrected chi connectivity index (χ1v) is 11.0. The van der Waals surface area contributed by atoms with E-state index in [9.17, 15) is 9.59 Å². The molecule has 27 heavy (non-hydrogen) atoms. The van der Waals surface area contributed by atoms with Gasteiger partial charge in [-0.25, -0.2) is 0 Å². The quantitative estimate of drug-likeness (QED) is 0.700. The molecular weight excluding hydrogens is 342 g/mol. The molecule has 0 radical (unpaired) electrons. The lowest BCUT2D eigenvalue weighted by molar-refractivity contribution is -0.133. The molecule has 1 N–H and O–H groups in total. The molecule has 6 nitrogen and oxygen atoms in total. The summed E-state index contributed by atoms with van der Waals surface area (Å²) in [7, 11) is 0. The zero-order valence-electron chi connectivity index (χ0n) is 16.9. The minimum Gasteiger partial charge on any atom is -0.376 e. The monoisotopic (exact) mass is 377 g/mol. The molecule has 152 valence electrons. The van der Waals surface area contributed by atoms with Gasteiger partial charge in [0.25, 0.3) is 0 Å². The van der Waals surface area contributed by atoms with Crippen molar-refractivity contribution < 1.29 is 14.3 Å². The lowest BCUT2D eigenvalue weighted by Crippen LogP contribution is -2.45. The maximum Gasteiger partial charge on any atom is 0.225 e. The van der Waals surface area contributed by atoms with Gasteiger partial charge >= 0.3 is 0 Å². The first-order chi connectivity index (χ1) is 13.1. The standard InChI is InChI=1S/C21H35N3O3/c1-3-23(4-2)20(26)11-18-21-14(10-19(25)22-15-8-9-15)12-24(16-6-5-7-16)17(21)13-27-18/h14-18,21H,3-13H2,1-2H3,(H,22,25)/t14-,17-,18+,21-/m1/s1. The Morgan fingerprint density at radius 2 is 1.85 bits per heavy atom. The molecule has 4 aliphatic rings. The molecule has 0 bridgehead atoms. The van der Waals surface area contributed by atoms with Crippen LogP contribution in [-0.4, -0.2) is 72.1 Å². The van der Waals surface area contributed by atoms with Crippen LogP contribution in [-0.2, 0) is 14.3 Å². The Morgan fingerprint density at radius 1 is 1.11 bits per heavy atom. The summed E-state index contributed by atoms with van der Waals surface area (Å²) in [5.74, 6) is 1.01. The number of fused-ring (bicyclic) bond motifs is 1. The second-order valence-electron chi connectivity index (χ2n) is 8.87. The topological polar surface area (TPSA) is 61.9 Å². The van der Waals surface area contributed by atoms with Gasteiger partial charge in [-0.3, -0.25) is 14.5 Å². The van der Waals surface area contributed by atoms with Gasteiger partial charge in [0.2, 0.25) is 11.8 Å². The fraction of sp³-hybridized carbons (Fsp3) is 0.905. The zero-order valence-corrected chi connectivity index (χ0v) is 16.9. The highest BCUT2D eigenvalue weighted by molar-refractivity contribution is 5.77. The fourth-order valence-corrected chi connectivity index (χ4v) is 5.32. The number of carbonyl (C=O) groups excluding carboxylic acids is 2. The third kappa shape index (κ3) is 4.02. The van der Waals surface area contributed by atoms with Gasteiger partial charge in [-0.2, -0.15) is 0 Å². The molecule has 0 aromatic heterocycles. The van der Waals surface area contributed by atoms with Crippen molar-refractivity contribution in [3.05, 3.63) is 0 Å². The van der Waals surface area contributed by atoms with Crippen molar-refractivity contribution in [2.45, 2.75) is 83.0 Å². The molecule has 2 heterocycles. The Morgan fingerprint density at radius 3 is 2.44 bits per heavy atom. The maximum absolute atomic E-state index is 12.7. The summed E-state index contributed by atoms with van der Waals surface area (Å²) < 4.78 is 6.16. The summed E-state index contributed by atoms with van der Waals surface area (Å²) in [4.78, 5) is 29.7. The summed E-state index contributed by atoms with van der Waals surface area (Å²) in [6.45, 7) is 7.27. The SMILES string of the molecule is CCN(CC)C(=O)C[C@@H]1OC[C@@H]2[C@H]1[C@H](CC(=O)NC1CC1)CN2C1CCC1. The smallest absolute Gasteiger partial charge is 0.225 e. The van der Waals surface area contributed by atoms with E-state index in [1.165, 1.54) is 19.3 Å². The molecule has 2 amide bonds. The van der Waals surface area contributed by atoms with Crippen LogP contribution in [0.4, 0.5) is 0 Å². The number of rotatable bonds is 8. The molecule has 2 aliphatic heterocycles. The van der Waals surface area contributed by atoms with Gasteiger partial charge in [0.1, 0.15) is 0 Å².